The fourth-order valence-electron chi connectivity index (χ4n) is 2.45. The zero-order valence-corrected chi connectivity index (χ0v) is 13.8. The number of rotatable bonds is 4. The summed E-state index contributed by atoms with van der Waals surface area (Å²) in [6.07, 6.45) is 1.49. The van der Waals surface area contributed by atoms with Crippen molar-refractivity contribution in [3.05, 3.63) is 70.1 Å². The second kappa shape index (κ2) is 6.96. The van der Waals surface area contributed by atoms with Crippen molar-refractivity contribution in [1.29, 1.82) is 0 Å². The van der Waals surface area contributed by atoms with Crippen LogP contribution in [0.5, 0.6) is 5.75 Å². The molecule has 3 aromatic rings. The fraction of sp³-hybridized carbons (Fsp3) is 0.111. The van der Waals surface area contributed by atoms with Gasteiger partial charge in [-0.1, -0.05) is 30.3 Å². The molecule has 7 heteroatoms. The number of carbonyl (C=O) groups is 1. The van der Waals surface area contributed by atoms with Crippen molar-refractivity contribution in [2.45, 2.75) is 0 Å². The Labute approximate surface area is 143 Å². The first-order chi connectivity index (χ1) is 12.1. The second-order valence-electron chi connectivity index (χ2n) is 5.26. The topological polar surface area (TPSA) is 85.6 Å². The molecule has 1 N–H and O–H groups in total. The van der Waals surface area contributed by atoms with E-state index in [9.17, 15) is 9.59 Å². The van der Waals surface area contributed by atoms with Crippen LogP contribution in [0.3, 0.4) is 0 Å². The van der Waals surface area contributed by atoms with Gasteiger partial charge in [0.1, 0.15) is 5.75 Å². The summed E-state index contributed by atoms with van der Waals surface area (Å²) < 4.78 is 6.36. The third kappa shape index (κ3) is 3.25. The number of aromatic nitrogens is 2. The number of hydrazone groups is 1. The average Bonchev–Trinajstić information content (AvgIpc) is 2.65. The van der Waals surface area contributed by atoms with Gasteiger partial charge < -0.3 is 4.74 Å². The lowest BCUT2D eigenvalue weighted by Gasteiger charge is -2.07. The molecule has 0 atom stereocenters. The predicted octanol–water partition coefficient (Wildman–Crippen LogP) is 1.71. The Morgan fingerprint density at radius 2 is 1.84 bits per heavy atom. The molecule has 0 bridgehead atoms. The van der Waals surface area contributed by atoms with Crippen molar-refractivity contribution in [2.75, 3.05) is 7.11 Å². The number of hydrogen-bond acceptors (Lipinski definition) is 5. The standard InChI is InChI=1S/C18H16N4O3/c1-22-18(24)14-9-5-4-8-13(14)16(21-22)17(23)20-19-11-12-7-3-6-10-15(12)25-2/h3-11H,1-2H3,(H,20,23)/b19-11+. The van der Waals surface area contributed by atoms with Gasteiger partial charge in [-0.25, -0.2) is 10.1 Å². The summed E-state index contributed by atoms with van der Waals surface area (Å²) in [4.78, 5) is 24.5. The highest BCUT2D eigenvalue weighted by molar-refractivity contribution is 6.05. The predicted molar refractivity (Wildman–Crippen MR) is 95.0 cm³/mol. The maximum absolute atomic E-state index is 12.4. The average molecular weight is 336 g/mol. The van der Waals surface area contributed by atoms with Crippen molar-refractivity contribution in [2.24, 2.45) is 12.1 Å². The zero-order valence-electron chi connectivity index (χ0n) is 13.8. The van der Waals surface area contributed by atoms with Gasteiger partial charge in [0.25, 0.3) is 11.5 Å². The third-order valence-corrected chi connectivity index (χ3v) is 3.68. The molecule has 3 rings (SSSR count). The maximum Gasteiger partial charge on any atom is 0.292 e. The molecule has 0 aliphatic rings. The van der Waals surface area contributed by atoms with Gasteiger partial charge in [0, 0.05) is 18.0 Å². The van der Waals surface area contributed by atoms with Crippen molar-refractivity contribution >= 4 is 22.9 Å². The molecule has 0 saturated heterocycles. The van der Waals surface area contributed by atoms with E-state index >= 15 is 0 Å². The zero-order chi connectivity index (χ0) is 17.8. The molecule has 7 nitrogen and oxygen atoms in total. The molecule has 1 heterocycles. The Hall–Kier alpha value is -3.48. The number of aryl methyl sites for hydroxylation is 1. The van der Waals surface area contributed by atoms with Crippen LogP contribution in [0.1, 0.15) is 16.1 Å². The smallest absolute Gasteiger partial charge is 0.292 e. The fourth-order valence-corrected chi connectivity index (χ4v) is 2.45. The highest BCUT2D eigenvalue weighted by Gasteiger charge is 2.14. The van der Waals surface area contributed by atoms with Gasteiger partial charge in [0.2, 0.25) is 0 Å². The Bertz CT molecular complexity index is 1020. The lowest BCUT2D eigenvalue weighted by Crippen LogP contribution is -2.27. The normalized spacial score (nSPS) is 11.0. The summed E-state index contributed by atoms with van der Waals surface area (Å²) in [6, 6.07) is 14.1. The summed E-state index contributed by atoms with van der Waals surface area (Å²) in [5.41, 5.74) is 3.03. The van der Waals surface area contributed by atoms with Gasteiger partial charge in [-0.3, -0.25) is 9.59 Å². The number of fused-ring (bicyclic) bond motifs is 1. The molecule has 0 radical (unpaired) electrons. The van der Waals surface area contributed by atoms with Crippen molar-refractivity contribution in [3.8, 4) is 5.75 Å². The molecular weight excluding hydrogens is 320 g/mol. The first kappa shape index (κ1) is 16.4. The molecule has 0 unspecified atom stereocenters. The van der Waals surface area contributed by atoms with Gasteiger partial charge in [0.05, 0.1) is 18.7 Å². The van der Waals surface area contributed by atoms with Crippen LogP contribution >= 0.6 is 0 Å². The lowest BCUT2D eigenvalue weighted by molar-refractivity contribution is 0.0950. The summed E-state index contributed by atoms with van der Waals surface area (Å²) in [6.45, 7) is 0. The number of nitrogens with one attached hydrogen (secondary N) is 1. The van der Waals surface area contributed by atoms with E-state index < -0.39 is 5.91 Å². The quantitative estimate of drug-likeness (QED) is 0.580. The molecule has 0 fully saturated rings. The minimum atomic E-state index is -0.502. The van der Waals surface area contributed by atoms with Crippen molar-refractivity contribution in [1.82, 2.24) is 15.2 Å². The number of nitrogens with zero attached hydrogens (tertiary/aromatic N) is 3. The molecule has 0 spiro atoms. The number of para-hydroxylation sites is 1. The monoisotopic (exact) mass is 336 g/mol. The first-order valence-electron chi connectivity index (χ1n) is 7.54. The lowest BCUT2D eigenvalue weighted by atomic mass is 10.1. The summed E-state index contributed by atoms with van der Waals surface area (Å²) >= 11 is 0. The Morgan fingerprint density at radius 1 is 1.16 bits per heavy atom. The van der Waals surface area contributed by atoms with Gasteiger partial charge in [-0.15, -0.1) is 0 Å². The summed E-state index contributed by atoms with van der Waals surface area (Å²) in [5, 5.41) is 8.92. The number of methoxy groups -OCH3 is 1. The minimum absolute atomic E-state index is 0.134. The number of ether oxygens (including phenoxy) is 1. The first-order valence-corrected chi connectivity index (χ1v) is 7.54. The molecule has 2 aromatic carbocycles. The molecule has 1 aromatic heterocycles. The molecular formula is C18H16N4O3. The Balaban J connectivity index is 1.90. The second-order valence-corrected chi connectivity index (χ2v) is 5.26. The maximum atomic E-state index is 12.4. The SMILES string of the molecule is COc1ccccc1/C=N/NC(=O)c1nn(C)c(=O)c2ccccc12. The number of amides is 1. The number of carbonyl (C=O) groups excluding carboxylic acids is 1. The van der Waals surface area contributed by atoms with Crippen molar-refractivity contribution < 1.29 is 9.53 Å². The van der Waals surface area contributed by atoms with Gasteiger partial charge in [0.15, 0.2) is 5.69 Å². The minimum Gasteiger partial charge on any atom is -0.496 e. The van der Waals surface area contributed by atoms with Crippen LogP contribution in [-0.4, -0.2) is 29.0 Å². The van der Waals surface area contributed by atoms with Gasteiger partial charge >= 0.3 is 0 Å². The summed E-state index contributed by atoms with van der Waals surface area (Å²) in [5.74, 6) is 0.143. The molecule has 0 aliphatic carbocycles. The van der Waals surface area contributed by atoms with E-state index in [-0.39, 0.29) is 11.3 Å². The highest BCUT2D eigenvalue weighted by atomic mass is 16.5. The van der Waals surface area contributed by atoms with Crippen molar-refractivity contribution in [3.63, 3.8) is 0 Å². The third-order valence-electron chi connectivity index (χ3n) is 3.68. The van der Waals surface area contributed by atoms with Crippen LogP contribution in [0, 0.1) is 0 Å². The highest BCUT2D eigenvalue weighted by Crippen LogP contribution is 2.15. The van der Waals surface area contributed by atoms with Crippen LogP contribution in [-0.2, 0) is 7.05 Å². The van der Waals surface area contributed by atoms with E-state index in [1.807, 2.05) is 18.2 Å². The van der Waals surface area contributed by atoms with E-state index in [4.69, 9.17) is 4.74 Å². The van der Waals surface area contributed by atoms with Gasteiger partial charge in [-0.2, -0.15) is 10.2 Å². The van der Waals surface area contributed by atoms with Crippen LogP contribution in [0.15, 0.2) is 58.4 Å². The molecule has 25 heavy (non-hydrogen) atoms. The molecule has 1 amide bonds. The van der Waals surface area contributed by atoms with Gasteiger partial charge in [-0.05, 0) is 18.2 Å². The van der Waals surface area contributed by atoms with E-state index in [1.54, 1.807) is 37.4 Å². The Kier molecular flexibility index (Phi) is 4.56. The van der Waals surface area contributed by atoms with E-state index in [1.165, 1.54) is 13.3 Å². The van der Waals surface area contributed by atoms with Crippen LogP contribution < -0.4 is 15.7 Å². The number of hydrogen-bond donors (Lipinski definition) is 1. The van der Waals surface area contributed by atoms with E-state index in [2.05, 4.69) is 15.6 Å². The van der Waals surface area contributed by atoms with Crippen LogP contribution in [0.25, 0.3) is 10.8 Å². The van der Waals surface area contributed by atoms with Crippen LogP contribution in [0.2, 0.25) is 0 Å². The summed E-state index contributed by atoms with van der Waals surface area (Å²) in [7, 11) is 3.06. The van der Waals surface area contributed by atoms with E-state index in [0.29, 0.717) is 16.5 Å². The van der Waals surface area contributed by atoms with Crippen LogP contribution in [0.4, 0.5) is 0 Å². The van der Waals surface area contributed by atoms with E-state index in [0.717, 1.165) is 10.2 Å². The number of benzene rings is 2. The largest absolute Gasteiger partial charge is 0.496 e. The molecule has 0 saturated carbocycles. The molecule has 0 aliphatic heterocycles. The molecule has 126 valence electrons. The Morgan fingerprint density at radius 3 is 2.60 bits per heavy atom.